The Morgan fingerprint density at radius 3 is 2.52 bits per heavy atom. The molecule has 1 saturated heterocycles. The van der Waals surface area contributed by atoms with Gasteiger partial charge in [0.05, 0.1) is 38.2 Å². The number of ether oxygens (including phenoxy) is 1. The molecular formula is C19H19N3O. The number of aromatic nitrogens is 1. The highest BCUT2D eigenvalue weighted by atomic mass is 16.5. The fourth-order valence-electron chi connectivity index (χ4n) is 2.94. The second-order valence-corrected chi connectivity index (χ2v) is 5.64. The van der Waals surface area contributed by atoms with Crippen molar-refractivity contribution in [3.63, 3.8) is 0 Å². The number of hydrogen-bond donors (Lipinski definition) is 1. The van der Waals surface area contributed by atoms with E-state index in [1.165, 1.54) is 10.9 Å². The third kappa shape index (κ3) is 2.85. The second-order valence-electron chi connectivity index (χ2n) is 5.64. The van der Waals surface area contributed by atoms with Crippen LogP contribution in [0.1, 0.15) is 5.56 Å². The zero-order valence-corrected chi connectivity index (χ0v) is 12.9. The maximum absolute atomic E-state index is 5.38. The molecule has 1 fully saturated rings. The van der Waals surface area contributed by atoms with E-state index in [1.807, 2.05) is 12.3 Å². The number of hydrogen-bond acceptors (Lipinski definition) is 3. The minimum absolute atomic E-state index is 0.747. The van der Waals surface area contributed by atoms with E-state index >= 15 is 0 Å². The van der Waals surface area contributed by atoms with Crippen molar-refractivity contribution in [3.05, 3.63) is 60.2 Å². The van der Waals surface area contributed by atoms with Gasteiger partial charge in [-0.05, 0) is 11.6 Å². The Balaban J connectivity index is 1.78. The second kappa shape index (κ2) is 6.26. The van der Waals surface area contributed by atoms with Gasteiger partial charge in [0.15, 0.2) is 0 Å². The van der Waals surface area contributed by atoms with Gasteiger partial charge >= 0.3 is 0 Å². The number of H-pyrrole nitrogens is 1. The number of nitrogens with one attached hydrogen (secondary N) is 1. The summed E-state index contributed by atoms with van der Waals surface area (Å²) >= 11 is 0. The minimum atomic E-state index is 0.747. The van der Waals surface area contributed by atoms with Crippen LogP contribution in [-0.4, -0.2) is 42.5 Å². The summed E-state index contributed by atoms with van der Waals surface area (Å²) in [6.07, 6.45) is 1.98. The van der Waals surface area contributed by atoms with Crippen LogP contribution in [0.2, 0.25) is 0 Å². The predicted molar refractivity (Wildman–Crippen MR) is 93.7 cm³/mol. The smallest absolute Gasteiger partial charge is 0.0659 e. The largest absolute Gasteiger partial charge is 0.378 e. The van der Waals surface area contributed by atoms with Crippen molar-refractivity contribution in [1.29, 1.82) is 0 Å². The Morgan fingerprint density at radius 2 is 1.70 bits per heavy atom. The zero-order chi connectivity index (χ0) is 15.5. The number of hydrazone groups is 1. The van der Waals surface area contributed by atoms with Crippen molar-refractivity contribution in [3.8, 4) is 11.3 Å². The Morgan fingerprint density at radius 1 is 0.957 bits per heavy atom. The van der Waals surface area contributed by atoms with Crippen LogP contribution in [-0.2, 0) is 4.74 Å². The summed E-state index contributed by atoms with van der Waals surface area (Å²) in [5.74, 6) is 0. The summed E-state index contributed by atoms with van der Waals surface area (Å²) in [5, 5.41) is 7.94. The molecule has 0 spiro atoms. The van der Waals surface area contributed by atoms with Gasteiger partial charge in [-0.2, -0.15) is 5.10 Å². The number of fused-ring (bicyclic) bond motifs is 1. The predicted octanol–water partition coefficient (Wildman–Crippen LogP) is 3.50. The third-order valence-electron chi connectivity index (χ3n) is 4.15. The van der Waals surface area contributed by atoms with Crippen LogP contribution in [0.5, 0.6) is 0 Å². The van der Waals surface area contributed by atoms with Crippen LogP contribution in [0.25, 0.3) is 22.2 Å². The summed E-state index contributed by atoms with van der Waals surface area (Å²) in [6.45, 7) is 3.19. The van der Waals surface area contributed by atoms with Gasteiger partial charge in [0.25, 0.3) is 0 Å². The molecule has 0 bridgehead atoms. The maximum Gasteiger partial charge on any atom is 0.0659 e. The molecule has 0 amide bonds. The molecule has 3 aromatic rings. The number of para-hydroxylation sites is 1. The summed E-state index contributed by atoms with van der Waals surface area (Å²) in [6, 6.07) is 18.8. The Hall–Kier alpha value is -2.59. The fraction of sp³-hybridized carbons (Fsp3) is 0.211. The summed E-state index contributed by atoms with van der Waals surface area (Å²) in [4.78, 5) is 3.53. The molecular weight excluding hydrogens is 286 g/mol. The minimum Gasteiger partial charge on any atom is -0.378 e. The van der Waals surface area contributed by atoms with Crippen molar-refractivity contribution in [2.75, 3.05) is 26.3 Å². The lowest BCUT2D eigenvalue weighted by Gasteiger charge is -2.23. The monoisotopic (exact) mass is 305 g/mol. The lowest BCUT2D eigenvalue weighted by molar-refractivity contribution is 0.0397. The maximum atomic E-state index is 5.38. The Labute approximate surface area is 135 Å². The molecule has 4 nitrogen and oxygen atoms in total. The number of nitrogens with zero attached hydrogens (tertiary/aromatic N) is 2. The normalized spacial score (nSPS) is 15.6. The SMILES string of the molecule is C(=N/N1CCOCC1)/c1c(-c2ccccc2)[nH]c2ccccc12. The Kier molecular flexibility index (Phi) is 3.82. The highest BCUT2D eigenvalue weighted by Gasteiger charge is 2.12. The number of morpholine rings is 1. The molecule has 0 aliphatic carbocycles. The van der Waals surface area contributed by atoms with E-state index in [1.54, 1.807) is 0 Å². The number of benzene rings is 2. The molecule has 2 aromatic carbocycles. The molecule has 0 unspecified atom stereocenters. The van der Waals surface area contributed by atoms with Crippen LogP contribution in [0, 0.1) is 0 Å². The van der Waals surface area contributed by atoms with Gasteiger partial charge < -0.3 is 9.72 Å². The first-order valence-corrected chi connectivity index (χ1v) is 7.94. The lowest BCUT2D eigenvalue weighted by Crippen LogP contribution is -2.32. The van der Waals surface area contributed by atoms with Crippen molar-refractivity contribution in [2.45, 2.75) is 0 Å². The average Bonchev–Trinajstić information content (AvgIpc) is 3.00. The highest BCUT2D eigenvalue weighted by Crippen LogP contribution is 2.29. The van der Waals surface area contributed by atoms with Gasteiger partial charge in [0.1, 0.15) is 0 Å². The average molecular weight is 305 g/mol. The van der Waals surface area contributed by atoms with E-state index in [2.05, 4.69) is 63.6 Å². The highest BCUT2D eigenvalue weighted by molar-refractivity contribution is 6.05. The molecule has 4 rings (SSSR count). The molecule has 0 atom stereocenters. The topological polar surface area (TPSA) is 40.6 Å². The first kappa shape index (κ1) is 14.0. The van der Waals surface area contributed by atoms with E-state index in [-0.39, 0.29) is 0 Å². The third-order valence-corrected chi connectivity index (χ3v) is 4.15. The standard InChI is InChI=1S/C19H19N3O/c1-2-6-15(7-3-1)19-17(14-20-22-10-12-23-13-11-22)16-8-4-5-9-18(16)21-19/h1-9,14,21H,10-13H2/b20-14-. The molecule has 116 valence electrons. The molecule has 2 heterocycles. The molecule has 1 aliphatic heterocycles. The van der Waals surface area contributed by atoms with Crippen molar-refractivity contribution < 1.29 is 4.74 Å². The first-order chi connectivity index (χ1) is 11.4. The molecule has 1 aromatic heterocycles. The van der Waals surface area contributed by atoms with E-state index in [9.17, 15) is 0 Å². The molecule has 23 heavy (non-hydrogen) atoms. The van der Waals surface area contributed by atoms with Crippen molar-refractivity contribution in [2.24, 2.45) is 5.10 Å². The van der Waals surface area contributed by atoms with Crippen molar-refractivity contribution in [1.82, 2.24) is 9.99 Å². The number of rotatable bonds is 3. The van der Waals surface area contributed by atoms with Crippen LogP contribution in [0.15, 0.2) is 59.7 Å². The van der Waals surface area contributed by atoms with E-state index in [4.69, 9.17) is 4.74 Å². The fourth-order valence-corrected chi connectivity index (χ4v) is 2.94. The quantitative estimate of drug-likeness (QED) is 0.752. The van der Waals surface area contributed by atoms with Gasteiger partial charge in [0.2, 0.25) is 0 Å². The van der Waals surface area contributed by atoms with Crippen LogP contribution in [0.4, 0.5) is 0 Å². The first-order valence-electron chi connectivity index (χ1n) is 7.94. The van der Waals surface area contributed by atoms with Crippen LogP contribution < -0.4 is 0 Å². The number of aromatic amines is 1. The van der Waals surface area contributed by atoms with Gasteiger partial charge in [0, 0.05) is 16.5 Å². The van der Waals surface area contributed by atoms with Crippen LogP contribution >= 0.6 is 0 Å². The molecule has 0 radical (unpaired) electrons. The van der Waals surface area contributed by atoms with E-state index < -0.39 is 0 Å². The van der Waals surface area contributed by atoms with Gasteiger partial charge in [-0.3, -0.25) is 5.01 Å². The Bertz CT molecular complexity index is 817. The molecule has 1 aliphatic rings. The summed E-state index contributed by atoms with van der Waals surface area (Å²) in [5.41, 5.74) is 4.56. The summed E-state index contributed by atoms with van der Waals surface area (Å²) < 4.78 is 5.38. The molecule has 0 saturated carbocycles. The molecule has 1 N–H and O–H groups in total. The van der Waals surface area contributed by atoms with Gasteiger partial charge in [-0.25, -0.2) is 0 Å². The van der Waals surface area contributed by atoms with Gasteiger partial charge in [-0.15, -0.1) is 0 Å². The van der Waals surface area contributed by atoms with E-state index in [0.717, 1.165) is 43.1 Å². The van der Waals surface area contributed by atoms with E-state index in [0.29, 0.717) is 0 Å². The van der Waals surface area contributed by atoms with Gasteiger partial charge in [-0.1, -0.05) is 48.5 Å². The molecule has 4 heteroatoms. The lowest BCUT2D eigenvalue weighted by atomic mass is 10.1. The zero-order valence-electron chi connectivity index (χ0n) is 12.9. The van der Waals surface area contributed by atoms with Crippen LogP contribution in [0.3, 0.4) is 0 Å². The van der Waals surface area contributed by atoms with Crippen molar-refractivity contribution >= 4 is 17.1 Å². The summed E-state index contributed by atoms with van der Waals surface area (Å²) in [7, 11) is 0.